The van der Waals surface area contributed by atoms with Crippen LogP contribution in [0.2, 0.25) is 0 Å². The second-order valence-electron chi connectivity index (χ2n) is 6.27. The molecule has 25 heavy (non-hydrogen) atoms. The average molecular weight is 361 g/mol. The van der Waals surface area contributed by atoms with Crippen molar-refractivity contribution < 1.29 is 8.42 Å². The molecule has 0 aliphatic carbocycles. The van der Waals surface area contributed by atoms with E-state index in [4.69, 9.17) is 0 Å². The molecule has 0 bridgehead atoms. The Bertz CT molecular complexity index is 831. The van der Waals surface area contributed by atoms with Gasteiger partial charge < -0.3 is 9.80 Å². The van der Waals surface area contributed by atoms with Gasteiger partial charge >= 0.3 is 0 Å². The lowest BCUT2D eigenvalue weighted by molar-refractivity contribution is 0.382. The van der Waals surface area contributed by atoms with E-state index in [9.17, 15) is 8.42 Å². The van der Waals surface area contributed by atoms with Gasteiger partial charge in [-0.2, -0.15) is 9.29 Å². The highest BCUT2D eigenvalue weighted by molar-refractivity contribution is 7.89. The fourth-order valence-electron chi connectivity index (χ4n) is 2.78. The van der Waals surface area contributed by atoms with E-state index >= 15 is 0 Å². The molecule has 1 aromatic carbocycles. The Morgan fingerprint density at radius 1 is 1.00 bits per heavy atom. The van der Waals surface area contributed by atoms with Crippen molar-refractivity contribution in [3.63, 3.8) is 0 Å². The molecule has 7 nitrogen and oxygen atoms in total. The van der Waals surface area contributed by atoms with E-state index in [0.29, 0.717) is 37.0 Å². The van der Waals surface area contributed by atoms with Gasteiger partial charge in [-0.3, -0.25) is 0 Å². The lowest BCUT2D eigenvalue weighted by atomic mass is 10.3. The van der Waals surface area contributed by atoms with Crippen LogP contribution in [0.5, 0.6) is 0 Å². The number of benzene rings is 1. The monoisotopic (exact) mass is 361 g/mol. The zero-order valence-electron chi connectivity index (χ0n) is 14.8. The van der Waals surface area contributed by atoms with Crippen LogP contribution in [-0.2, 0) is 10.0 Å². The Morgan fingerprint density at radius 3 is 2.24 bits per heavy atom. The van der Waals surface area contributed by atoms with Crippen LogP contribution < -0.4 is 9.80 Å². The van der Waals surface area contributed by atoms with Gasteiger partial charge in [0.15, 0.2) is 0 Å². The Kier molecular flexibility index (Phi) is 4.91. The summed E-state index contributed by atoms with van der Waals surface area (Å²) in [7, 11) is 0.441. The molecule has 1 aliphatic rings. The first-order valence-corrected chi connectivity index (χ1v) is 9.65. The molecule has 0 amide bonds. The molecule has 2 heterocycles. The summed E-state index contributed by atoms with van der Waals surface area (Å²) in [6.45, 7) is 3.93. The quantitative estimate of drug-likeness (QED) is 0.819. The van der Waals surface area contributed by atoms with E-state index < -0.39 is 10.0 Å². The lowest BCUT2D eigenvalue weighted by Crippen LogP contribution is -2.49. The molecular weight excluding hydrogens is 338 g/mol. The molecule has 3 rings (SSSR count). The van der Waals surface area contributed by atoms with Crippen LogP contribution in [0.25, 0.3) is 0 Å². The van der Waals surface area contributed by atoms with Crippen molar-refractivity contribution in [3.8, 4) is 0 Å². The van der Waals surface area contributed by atoms with Crippen LogP contribution in [0.1, 0.15) is 5.69 Å². The van der Waals surface area contributed by atoms with Crippen molar-refractivity contribution >= 4 is 21.8 Å². The van der Waals surface area contributed by atoms with Gasteiger partial charge in [0.05, 0.1) is 4.90 Å². The van der Waals surface area contributed by atoms with Crippen molar-refractivity contribution in [2.75, 3.05) is 50.1 Å². The van der Waals surface area contributed by atoms with Crippen LogP contribution in [0.3, 0.4) is 0 Å². The summed E-state index contributed by atoms with van der Waals surface area (Å²) in [6.07, 6.45) is 0. The number of nitrogens with zero attached hydrogens (tertiary/aromatic N) is 5. The highest BCUT2D eigenvalue weighted by Crippen LogP contribution is 2.21. The second-order valence-corrected chi connectivity index (χ2v) is 8.20. The van der Waals surface area contributed by atoms with E-state index in [1.807, 2.05) is 43.0 Å². The minimum atomic E-state index is -3.44. The van der Waals surface area contributed by atoms with Crippen LogP contribution >= 0.6 is 0 Å². The molecule has 0 saturated carbocycles. The third-order valence-corrected chi connectivity index (χ3v) is 6.10. The normalized spacial score (nSPS) is 16.0. The topological polar surface area (TPSA) is 69.6 Å². The van der Waals surface area contributed by atoms with Crippen molar-refractivity contribution in [2.45, 2.75) is 11.8 Å². The first-order valence-electron chi connectivity index (χ1n) is 8.21. The van der Waals surface area contributed by atoms with Gasteiger partial charge in [-0.25, -0.2) is 13.4 Å². The van der Waals surface area contributed by atoms with Crippen molar-refractivity contribution in [1.29, 1.82) is 0 Å². The number of aryl methyl sites for hydroxylation is 1. The van der Waals surface area contributed by atoms with Gasteiger partial charge in [0, 0.05) is 52.0 Å². The zero-order chi connectivity index (χ0) is 18.0. The zero-order valence-corrected chi connectivity index (χ0v) is 15.6. The SMILES string of the molecule is Cc1cc(N(C)C)nc(N2CCN(S(=O)(=O)c3ccccc3)CC2)n1. The molecule has 0 radical (unpaired) electrons. The Hall–Kier alpha value is -2.19. The molecule has 1 fully saturated rings. The van der Waals surface area contributed by atoms with Gasteiger partial charge in [-0.05, 0) is 19.1 Å². The molecule has 2 aromatic rings. The van der Waals surface area contributed by atoms with E-state index in [2.05, 4.69) is 9.97 Å². The van der Waals surface area contributed by atoms with Crippen LogP contribution in [0.15, 0.2) is 41.3 Å². The molecule has 134 valence electrons. The number of hydrogen-bond donors (Lipinski definition) is 0. The molecule has 0 N–H and O–H groups in total. The predicted molar refractivity (Wildman–Crippen MR) is 98.5 cm³/mol. The number of anilines is 2. The number of aromatic nitrogens is 2. The summed E-state index contributed by atoms with van der Waals surface area (Å²) < 4.78 is 26.9. The summed E-state index contributed by atoms with van der Waals surface area (Å²) in [6, 6.07) is 10.5. The van der Waals surface area contributed by atoms with Gasteiger partial charge in [0.2, 0.25) is 16.0 Å². The lowest BCUT2D eigenvalue weighted by Gasteiger charge is -2.34. The van der Waals surface area contributed by atoms with E-state index in [0.717, 1.165) is 11.5 Å². The first-order chi connectivity index (χ1) is 11.9. The molecule has 0 spiro atoms. The molecule has 1 aromatic heterocycles. The third kappa shape index (κ3) is 3.74. The Labute approximate surface area is 149 Å². The summed E-state index contributed by atoms with van der Waals surface area (Å²) in [5, 5.41) is 0. The smallest absolute Gasteiger partial charge is 0.243 e. The summed E-state index contributed by atoms with van der Waals surface area (Å²) in [5.74, 6) is 1.50. The van der Waals surface area contributed by atoms with Crippen LogP contribution in [0, 0.1) is 6.92 Å². The molecule has 1 saturated heterocycles. The van der Waals surface area contributed by atoms with E-state index in [1.54, 1.807) is 24.3 Å². The Balaban J connectivity index is 1.74. The fourth-order valence-corrected chi connectivity index (χ4v) is 4.22. The van der Waals surface area contributed by atoms with Crippen molar-refractivity contribution in [2.24, 2.45) is 0 Å². The van der Waals surface area contributed by atoms with Gasteiger partial charge in [-0.15, -0.1) is 0 Å². The minimum Gasteiger partial charge on any atom is -0.363 e. The molecule has 1 aliphatic heterocycles. The van der Waals surface area contributed by atoms with Crippen molar-refractivity contribution in [1.82, 2.24) is 14.3 Å². The number of sulfonamides is 1. The molecule has 0 atom stereocenters. The molecule has 0 unspecified atom stereocenters. The molecule has 8 heteroatoms. The standard InChI is InChI=1S/C17H23N5O2S/c1-14-13-16(20(2)3)19-17(18-14)21-9-11-22(12-10-21)25(23,24)15-7-5-4-6-8-15/h4-8,13H,9-12H2,1-3H3. The van der Waals surface area contributed by atoms with E-state index in [1.165, 1.54) is 4.31 Å². The van der Waals surface area contributed by atoms with Gasteiger partial charge in [-0.1, -0.05) is 18.2 Å². The molecular formula is C17H23N5O2S. The number of hydrogen-bond acceptors (Lipinski definition) is 6. The summed E-state index contributed by atoms with van der Waals surface area (Å²) >= 11 is 0. The highest BCUT2D eigenvalue weighted by Gasteiger charge is 2.29. The average Bonchev–Trinajstić information content (AvgIpc) is 2.62. The second kappa shape index (κ2) is 6.97. The predicted octanol–water partition coefficient (Wildman–Crippen LogP) is 1.36. The maximum atomic E-state index is 12.7. The van der Waals surface area contributed by atoms with Gasteiger partial charge in [0.1, 0.15) is 5.82 Å². The van der Waals surface area contributed by atoms with E-state index in [-0.39, 0.29) is 0 Å². The first kappa shape index (κ1) is 17.6. The minimum absolute atomic E-state index is 0.338. The fraction of sp³-hybridized carbons (Fsp3) is 0.412. The summed E-state index contributed by atoms with van der Waals surface area (Å²) in [4.78, 5) is 13.4. The van der Waals surface area contributed by atoms with Crippen LogP contribution in [0.4, 0.5) is 11.8 Å². The van der Waals surface area contributed by atoms with Crippen molar-refractivity contribution in [3.05, 3.63) is 42.1 Å². The Morgan fingerprint density at radius 2 is 1.64 bits per heavy atom. The van der Waals surface area contributed by atoms with Gasteiger partial charge in [0.25, 0.3) is 0 Å². The third-order valence-electron chi connectivity index (χ3n) is 4.19. The van der Waals surface area contributed by atoms with Crippen LogP contribution in [-0.4, -0.2) is 63.0 Å². The summed E-state index contributed by atoms with van der Waals surface area (Å²) in [5.41, 5.74) is 0.896. The maximum Gasteiger partial charge on any atom is 0.243 e. The number of rotatable bonds is 4. The number of piperazine rings is 1. The maximum absolute atomic E-state index is 12.7. The highest BCUT2D eigenvalue weighted by atomic mass is 32.2. The largest absolute Gasteiger partial charge is 0.363 e.